The van der Waals surface area contributed by atoms with Gasteiger partial charge in [0.15, 0.2) is 0 Å². The summed E-state index contributed by atoms with van der Waals surface area (Å²) in [6.45, 7) is 1.81. The number of nitrogen functional groups attached to an aromatic ring is 1. The lowest BCUT2D eigenvalue weighted by Crippen LogP contribution is -2.01. The van der Waals surface area contributed by atoms with E-state index in [1.54, 1.807) is 13.2 Å². The quantitative estimate of drug-likeness (QED) is 0.566. The molecule has 0 aliphatic heterocycles. The van der Waals surface area contributed by atoms with E-state index in [9.17, 15) is 4.79 Å². The highest BCUT2D eigenvalue weighted by Gasteiger charge is 2.11. The van der Waals surface area contributed by atoms with Crippen LogP contribution in [0, 0.1) is 0 Å². The lowest BCUT2D eigenvalue weighted by molar-refractivity contribution is -0.108. The summed E-state index contributed by atoms with van der Waals surface area (Å²) in [6, 6.07) is 5.40. The zero-order chi connectivity index (χ0) is 9.84. The van der Waals surface area contributed by atoms with Gasteiger partial charge < -0.3 is 15.3 Å². The molecule has 0 aliphatic rings. The molecule has 0 fully saturated rings. The summed E-state index contributed by atoms with van der Waals surface area (Å²) in [7, 11) is 1.55. The lowest BCUT2D eigenvalue weighted by atomic mass is 10.0. The second kappa shape index (κ2) is 3.94. The molecule has 0 spiro atoms. The van der Waals surface area contributed by atoms with Crippen LogP contribution in [-0.4, -0.2) is 13.4 Å². The Morgan fingerprint density at radius 1 is 1.54 bits per heavy atom. The average molecular weight is 179 g/mol. The van der Waals surface area contributed by atoms with Crippen molar-refractivity contribution in [1.29, 1.82) is 0 Å². The molecule has 1 aromatic carbocycles. The van der Waals surface area contributed by atoms with Crippen molar-refractivity contribution in [2.75, 3.05) is 12.8 Å². The van der Waals surface area contributed by atoms with Crippen molar-refractivity contribution < 1.29 is 9.53 Å². The predicted octanol–water partition coefficient (Wildman–Crippen LogP) is 1.58. The van der Waals surface area contributed by atoms with E-state index in [0.717, 1.165) is 11.8 Å². The van der Waals surface area contributed by atoms with Gasteiger partial charge in [-0.15, -0.1) is 0 Å². The second-order valence-corrected chi connectivity index (χ2v) is 2.89. The highest BCUT2D eigenvalue weighted by atomic mass is 16.5. The van der Waals surface area contributed by atoms with Gasteiger partial charge in [-0.3, -0.25) is 0 Å². The molecule has 13 heavy (non-hydrogen) atoms. The monoisotopic (exact) mass is 179 g/mol. The van der Waals surface area contributed by atoms with E-state index < -0.39 is 0 Å². The van der Waals surface area contributed by atoms with Gasteiger partial charge in [-0.25, -0.2) is 0 Å². The number of carbonyl (C=O) groups excluding carboxylic acids is 1. The van der Waals surface area contributed by atoms with Crippen LogP contribution in [0.3, 0.4) is 0 Å². The number of methoxy groups -OCH3 is 1. The molecule has 2 N–H and O–H groups in total. The first-order chi connectivity index (χ1) is 6.20. The Bertz CT molecular complexity index is 310. The molecule has 0 aromatic heterocycles. The van der Waals surface area contributed by atoms with Gasteiger partial charge in [0.2, 0.25) is 0 Å². The SMILES string of the molecule is COc1c(N)cccc1C(C)C=O. The molecule has 1 rings (SSSR count). The Kier molecular flexibility index (Phi) is 2.90. The van der Waals surface area contributed by atoms with Crippen molar-refractivity contribution in [3.05, 3.63) is 23.8 Å². The van der Waals surface area contributed by atoms with Gasteiger partial charge in [0.05, 0.1) is 12.8 Å². The summed E-state index contributed by atoms with van der Waals surface area (Å²) in [4.78, 5) is 10.6. The van der Waals surface area contributed by atoms with Gasteiger partial charge in [0.1, 0.15) is 12.0 Å². The van der Waals surface area contributed by atoms with E-state index >= 15 is 0 Å². The number of para-hydroxylation sites is 1. The van der Waals surface area contributed by atoms with Crippen LogP contribution in [0.2, 0.25) is 0 Å². The average Bonchev–Trinajstić information content (AvgIpc) is 2.16. The highest BCUT2D eigenvalue weighted by Crippen LogP contribution is 2.30. The Morgan fingerprint density at radius 3 is 2.77 bits per heavy atom. The number of benzene rings is 1. The van der Waals surface area contributed by atoms with Gasteiger partial charge in [-0.05, 0) is 6.07 Å². The summed E-state index contributed by atoms with van der Waals surface area (Å²) in [5, 5.41) is 0. The highest BCUT2D eigenvalue weighted by molar-refractivity contribution is 5.68. The molecule has 1 unspecified atom stereocenters. The van der Waals surface area contributed by atoms with E-state index in [2.05, 4.69) is 0 Å². The standard InChI is InChI=1S/C10H13NO2/c1-7(6-12)8-4-3-5-9(11)10(8)13-2/h3-7H,11H2,1-2H3. The van der Waals surface area contributed by atoms with Gasteiger partial charge in [0.25, 0.3) is 0 Å². The number of hydrogen-bond donors (Lipinski definition) is 1. The molecular formula is C10H13NO2. The van der Waals surface area contributed by atoms with Crippen molar-refractivity contribution in [1.82, 2.24) is 0 Å². The third-order valence-electron chi connectivity index (χ3n) is 1.97. The van der Waals surface area contributed by atoms with Crippen LogP contribution in [0.1, 0.15) is 18.4 Å². The summed E-state index contributed by atoms with van der Waals surface area (Å²) < 4.78 is 5.12. The molecular weight excluding hydrogens is 166 g/mol. The molecule has 3 nitrogen and oxygen atoms in total. The molecule has 0 saturated carbocycles. The molecule has 0 aliphatic carbocycles. The summed E-state index contributed by atoms with van der Waals surface area (Å²) in [5.74, 6) is 0.417. The largest absolute Gasteiger partial charge is 0.494 e. The smallest absolute Gasteiger partial charge is 0.145 e. The van der Waals surface area contributed by atoms with Crippen LogP contribution in [0.4, 0.5) is 5.69 Å². The minimum Gasteiger partial charge on any atom is -0.494 e. The number of ether oxygens (including phenoxy) is 1. The Morgan fingerprint density at radius 2 is 2.23 bits per heavy atom. The fourth-order valence-corrected chi connectivity index (χ4v) is 1.24. The molecule has 1 aromatic rings. The fraction of sp³-hybridized carbons (Fsp3) is 0.300. The van der Waals surface area contributed by atoms with E-state index in [4.69, 9.17) is 10.5 Å². The summed E-state index contributed by atoms with van der Waals surface area (Å²) in [5.41, 5.74) is 7.08. The third-order valence-corrected chi connectivity index (χ3v) is 1.97. The lowest BCUT2D eigenvalue weighted by Gasteiger charge is -2.12. The second-order valence-electron chi connectivity index (χ2n) is 2.89. The first kappa shape index (κ1) is 9.58. The molecule has 70 valence electrons. The van der Waals surface area contributed by atoms with Gasteiger partial charge in [0, 0.05) is 11.5 Å². The van der Waals surface area contributed by atoms with E-state index in [-0.39, 0.29) is 5.92 Å². The minimum atomic E-state index is -0.182. The predicted molar refractivity (Wildman–Crippen MR) is 51.9 cm³/mol. The van der Waals surface area contributed by atoms with Gasteiger partial charge in [-0.2, -0.15) is 0 Å². The van der Waals surface area contributed by atoms with Crippen molar-refractivity contribution in [2.24, 2.45) is 0 Å². The maximum absolute atomic E-state index is 10.6. The molecule has 0 bridgehead atoms. The topological polar surface area (TPSA) is 52.3 Å². The van der Waals surface area contributed by atoms with Crippen LogP contribution in [0.15, 0.2) is 18.2 Å². The van der Waals surface area contributed by atoms with Crippen LogP contribution < -0.4 is 10.5 Å². The molecule has 0 heterocycles. The third kappa shape index (κ3) is 1.80. The van der Waals surface area contributed by atoms with Crippen molar-refractivity contribution in [2.45, 2.75) is 12.8 Å². The van der Waals surface area contributed by atoms with Crippen LogP contribution >= 0.6 is 0 Å². The van der Waals surface area contributed by atoms with E-state index in [1.807, 2.05) is 19.1 Å². The molecule has 3 heteroatoms. The Hall–Kier alpha value is -1.51. The van der Waals surface area contributed by atoms with Crippen LogP contribution in [0.25, 0.3) is 0 Å². The van der Waals surface area contributed by atoms with Crippen LogP contribution in [-0.2, 0) is 4.79 Å². The van der Waals surface area contributed by atoms with Crippen molar-refractivity contribution in [3.8, 4) is 5.75 Å². The van der Waals surface area contributed by atoms with E-state index in [0.29, 0.717) is 11.4 Å². The number of carbonyl (C=O) groups is 1. The number of hydrogen-bond acceptors (Lipinski definition) is 3. The first-order valence-electron chi connectivity index (χ1n) is 4.08. The number of anilines is 1. The number of aldehydes is 1. The number of nitrogens with two attached hydrogens (primary N) is 1. The molecule has 0 saturated heterocycles. The van der Waals surface area contributed by atoms with Gasteiger partial charge >= 0.3 is 0 Å². The first-order valence-corrected chi connectivity index (χ1v) is 4.08. The van der Waals surface area contributed by atoms with Gasteiger partial charge in [-0.1, -0.05) is 19.1 Å². The van der Waals surface area contributed by atoms with Crippen LogP contribution in [0.5, 0.6) is 5.75 Å². The fourth-order valence-electron chi connectivity index (χ4n) is 1.24. The summed E-state index contributed by atoms with van der Waals surface area (Å²) in [6.07, 6.45) is 0.872. The van der Waals surface area contributed by atoms with E-state index in [1.165, 1.54) is 0 Å². The zero-order valence-electron chi connectivity index (χ0n) is 7.78. The maximum atomic E-state index is 10.6. The van der Waals surface area contributed by atoms with Crippen molar-refractivity contribution >= 4 is 12.0 Å². The zero-order valence-corrected chi connectivity index (χ0v) is 7.78. The Balaban J connectivity index is 3.19. The molecule has 0 radical (unpaired) electrons. The normalized spacial score (nSPS) is 12.2. The maximum Gasteiger partial charge on any atom is 0.145 e. The number of rotatable bonds is 3. The molecule has 1 atom stereocenters. The van der Waals surface area contributed by atoms with Crippen molar-refractivity contribution in [3.63, 3.8) is 0 Å². The Labute approximate surface area is 77.5 Å². The minimum absolute atomic E-state index is 0.182. The molecule has 0 amide bonds. The summed E-state index contributed by atoms with van der Waals surface area (Å²) >= 11 is 0.